The summed E-state index contributed by atoms with van der Waals surface area (Å²) in [5.41, 5.74) is -1.08. The molecule has 0 bridgehead atoms. The zero-order chi connectivity index (χ0) is 24.4. The van der Waals surface area contributed by atoms with E-state index in [1.165, 1.54) is 33.5 Å². The quantitative estimate of drug-likeness (QED) is 0.605. The fraction of sp³-hybridized carbons (Fsp3) is 0.429. The summed E-state index contributed by atoms with van der Waals surface area (Å²) >= 11 is 0. The highest BCUT2D eigenvalue weighted by Gasteiger charge is 2.36. The van der Waals surface area contributed by atoms with Crippen LogP contribution in [0.4, 0.5) is 18.9 Å². The molecule has 0 amide bonds. The molecule has 1 fully saturated rings. The average molecular weight is 491 g/mol. The standard InChI is InChI=1S/C21H25F3N2O6S/c1-26-8-7-14(12-26)32-16-9-13(5-6-15(16)21(22,23)24)25-33(27,28)20-11-18(30-3)17(29-2)10-19(20)31-4/h5-6,9-11,14,25H,7-8,12H2,1-4H3. The molecule has 1 N–H and O–H groups in total. The first-order chi connectivity index (χ1) is 15.5. The van der Waals surface area contributed by atoms with Gasteiger partial charge in [0.1, 0.15) is 22.5 Å². The molecule has 0 aromatic heterocycles. The van der Waals surface area contributed by atoms with Gasteiger partial charge in [0.15, 0.2) is 11.5 Å². The van der Waals surface area contributed by atoms with Crippen LogP contribution in [0.5, 0.6) is 23.0 Å². The van der Waals surface area contributed by atoms with Gasteiger partial charge in [-0.3, -0.25) is 4.72 Å². The van der Waals surface area contributed by atoms with Crippen LogP contribution < -0.4 is 23.7 Å². The van der Waals surface area contributed by atoms with E-state index in [0.717, 1.165) is 18.2 Å². The summed E-state index contributed by atoms with van der Waals surface area (Å²) in [5.74, 6) is -0.0830. The molecule has 1 aliphatic heterocycles. The van der Waals surface area contributed by atoms with Gasteiger partial charge >= 0.3 is 6.18 Å². The molecular weight excluding hydrogens is 465 g/mol. The third-order valence-corrected chi connectivity index (χ3v) is 6.54. The maximum Gasteiger partial charge on any atom is 0.419 e. The number of rotatable bonds is 8. The Hall–Kier alpha value is -2.86. The van der Waals surface area contributed by atoms with Crippen LogP contribution in [0.2, 0.25) is 0 Å². The van der Waals surface area contributed by atoms with Crippen LogP contribution >= 0.6 is 0 Å². The van der Waals surface area contributed by atoms with Crippen LogP contribution in [0.1, 0.15) is 12.0 Å². The first kappa shape index (κ1) is 24.8. The van der Waals surface area contributed by atoms with Gasteiger partial charge in [0, 0.05) is 31.3 Å². The minimum atomic E-state index is -4.66. The summed E-state index contributed by atoms with van der Waals surface area (Å²) < 4.78 is 90.1. The lowest BCUT2D eigenvalue weighted by Gasteiger charge is -2.20. The number of anilines is 1. The Balaban J connectivity index is 1.98. The second-order valence-electron chi connectivity index (χ2n) is 7.46. The number of methoxy groups -OCH3 is 3. The van der Waals surface area contributed by atoms with Crippen molar-refractivity contribution in [3.05, 3.63) is 35.9 Å². The third kappa shape index (κ3) is 5.56. The molecule has 1 atom stereocenters. The van der Waals surface area contributed by atoms with Crippen LogP contribution in [0, 0.1) is 0 Å². The van der Waals surface area contributed by atoms with Gasteiger partial charge in [-0.05, 0) is 25.6 Å². The molecule has 0 radical (unpaired) electrons. The summed E-state index contributed by atoms with van der Waals surface area (Å²) in [6, 6.07) is 5.39. The van der Waals surface area contributed by atoms with Crippen LogP contribution in [0.15, 0.2) is 35.2 Å². The molecular formula is C21H25F3N2O6S. The van der Waals surface area contributed by atoms with E-state index < -0.39 is 33.6 Å². The van der Waals surface area contributed by atoms with Crippen molar-refractivity contribution in [1.29, 1.82) is 0 Å². The number of nitrogens with one attached hydrogen (secondary N) is 1. The number of likely N-dealkylation sites (tertiary alicyclic amines) is 1. The Morgan fingerprint density at radius 2 is 1.61 bits per heavy atom. The van der Waals surface area contributed by atoms with Crippen LogP contribution in [-0.4, -0.2) is 60.9 Å². The molecule has 33 heavy (non-hydrogen) atoms. The third-order valence-electron chi connectivity index (χ3n) is 5.14. The van der Waals surface area contributed by atoms with Gasteiger partial charge in [0.05, 0.1) is 32.6 Å². The maximum absolute atomic E-state index is 13.5. The van der Waals surface area contributed by atoms with Crippen molar-refractivity contribution >= 4 is 15.7 Å². The van der Waals surface area contributed by atoms with Crippen LogP contribution in [-0.2, 0) is 16.2 Å². The summed E-state index contributed by atoms with van der Waals surface area (Å²) in [6.07, 6.45) is -4.54. The van der Waals surface area contributed by atoms with Gasteiger partial charge in [-0.2, -0.15) is 13.2 Å². The van der Waals surface area contributed by atoms with Gasteiger partial charge in [0.25, 0.3) is 10.0 Å². The smallest absolute Gasteiger partial charge is 0.419 e. The van der Waals surface area contributed by atoms with Crippen molar-refractivity contribution in [1.82, 2.24) is 4.90 Å². The minimum Gasteiger partial charge on any atom is -0.495 e. The first-order valence-corrected chi connectivity index (χ1v) is 11.4. The van der Waals surface area contributed by atoms with E-state index in [1.807, 2.05) is 11.9 Å². The molecule has 2 aromatic carbocycles. The molecule has 12 heteroatoms. The number of ether oxygens (including phenoxy) is 4. The second kappa shape index (κ2) is 9.56. The molecule has 0 spiro atoms. The molecule has 182 valence electrons. The Morgan fingerprint density at radius 1 is 0.970 bits per heavy atom. The first-order valence-electron chi connectivity index (χ1n) is 9.87. The summed E-state index contributed by atoms with van der Waals surface area (Å²) in [7, 11) is 1.58. The van der Waals surface area contributed by atoms with Gasteiger partial charge in [-0.15, -0.1) is 0 Å². The predicted molar refractivity (Wildman–Crippen MR) is 115 cm³/mol. The molecule has 1 saturated heterocycles. The largest absolute Gasteiger partial charge is 0.495 e. The molecule has 1 aliphatic rings. The van der Waals surface area contributed by atoms with Crippen molar-refractivity contribution in [2.75, 3.05) is 46.2 Å². The van der Waals surface area contributed by atoms with Crippen LogP contribution in [0.25, 0.3) is 0 Å². The Bertz CT molecular complexity index is 1110. The van der Waals surface area contributed by atoms with Crippen molar-refractivity contribution in [2.24, 2.45) is 0 Å². The Kier molecular flexibility index (Phi) is 7.17. The number of halogens is 3. The number of likely N-dealkylation sites (N-methyl/N-ethyl adjacent to an activating group) is 1. The highest BCUT2D eigenvalue weighted by atomic mass is 32.2. The monoisotopic (exact) mass is 490 g/mol. The summed E-state index contributed by atoms with van der Waals surface area (Å²) in [4.78, 5) is 1.66. The van der Waals surface area contributed by atoms with E-state index >= 15 is 0 Å². The lowest BCUT2D eigenvalue weighted by Crippen LogP contribution is -2.23. The number of hydrogen-bond acceptors (Lipinski definition) is 7. The van der Waals surface area contributed by atoms with Gasteiger partial charge in [-0.1, -0.05) is 0 Å². The molecule has 3 rings (SSSR count). The molecule has 2 aromatic rings. The predicted octanol–water partition coefficient (Wildman–Crippen LogP) is 3.61. The number of hydrogen-bond donors (Lipinski definition) is 1. The number of sulfonamides is 1. The summed E-state index contributed by atoms with van der Waals surface area (Å²) in [6.45, 7) is 1.16. The van der Waals surface area contributed by atoms with E-state index in [-0.39, 0.29) is 27.8 Å². The molecule has 1 heterocycles. The molecule has 8 nitrogen and oxygen atoms in total. The number of nitrogens with zero attached hydrogens (tertiary/aromatic N) is 1. The lowest BCUT2D eigenvalue weighted by molar-refractivity contribution is -0.139. The highest BCUT2D eigenvalue weighted by Crippen LogP contribution is 2.40. The van der Waals surface area contributed by atoms with E-state index in [2.05, 4.69) is 4.72 Å². The van der Waals surface area contributed by atoms with Crippen molar-refractivity contribution in [3.63, 3.8) is 0 Å². The van der Waals surface area contributed by atoms with Crippen molar-refractivity contribution in [3.8, 4) is 23.0 Å². The van der Waals surface area contributed by atoms with E-state index in [4.69, 9.17) is 18.9 Å². The SMILES string of the molecule is COc1cc(OC)c(S(=O)(=O)Nc2ccc(C(F)(F)F)c(OC3CCN(C)C3)c2)cc1OC. The van der Waals surface area contributed by atoms with Gasteiger partial charge in [0.2, 0.25) is 0 Å². The van der Waals surface area contributed by atoms with E-state index in [9.17, 15) is 21.6 Å². The number of alkyl halides is 3. The highest BCUT2D eigenvalue weighted by molar-refractivity contribution is 7.92. The Morgan fingerprint density at radius 3 is 2.15 bits per heavy atom. The second-order valence-corrected chi connectivity index (χ2v) is 9.11. The molecule has 0 saturated carbocycles. The van der Waals surface area contributed by atoms with E-state index in [0.29, 0.717) is 19.5 Å². The van der Waals surface area contributed by atoms with Gasteiger partial charge < -0.3 is 23.8 Å². The van der Waals surface area contributed by atoms with E-state index in [1.54, 1.807) is 0 Å². The van der Waals surface area contributed by atoms with Gasteiger partial charge in [-0.25, -0.2) is 8.42 Å². The fourth-order valence-electron chi connectivity index (χ4n) is 3.51. The van der Waals surface area contributed by atoms with Crippen molar-refractivity contribution in [2.45, 2.75) is 23.6 Å². The Labute approximate surface area is 190 Å². The maximum atomic E-state index is 13.5. The summed E-state index contributed by atoms with van der Waals surface area (Å²) in [5, 5.41) is 0. The average Bonchev–Trinajstić information content (AvgIpc) is 3.16. The minimum absolute atomic E-state index is 0.0301. The zero-order valence-corrected chi connectivity index (χ0v) is 19.3. The molecule has 1 unspecified atom stereocenters. The van der Waals surface area contributed by atoms with Crippen molar-refractivity contribution < 1.29 is 40.5 Å². The lowest BCUT2D eigenvalue weighted by atomic mass is 10.1. The zero-order valence-electron chi connectivity index (χ0n) is 18.5. The molecule has 0 aliphatic carbocycles. The normalized spacial score (nSPS) is 17.0. The fourth-order valence-corrected chi connectivity index (χ4v) is 4.73. The number of benzene rings is 2. The van der Waals surface area contributed by atoms with Crippen LogP contribution in [0.3, 0.4) is 0 Å². The topological polar surface area (TPSA) is 86.3 Å².